The third kappa shape index (κ3) is 3.78. The van der Waals surface area contributed by atoms with Crippen molar-refractivity contribution in [2.24, 2.45) is 5.92 Å². The lowest BCUT2D eigenvalue weighted by Gasteiger charge is -2.36. The number of nitrogens with one attached hydrogen (secondary N) is 1. The van der Waals surface area contributed by atoms with Gasteiger partial charge in [0.05, 0.1) is 6.10 Å². The minimum atomic E-state index is -0.127. The molecule has 0 unspecified atom stereocenters. The SMILES string of the molecule is O[C@H]1CCN(Cc2ccccc2)C[C@H]1CNC1CC1. The number of nitrogens with zero attached hydrogens (tertiary/aromatic N) is 1. The van der Waals surface area contributed by atoms with Crippen LogP contribution in [-0.2, 0) is 6.54 Å². The van der Waals surface area contributed by atoms with Crippen molar-refractivity contribution in [3.63, 3.8) is 0 Å². The van der Waals surface area contributed by atoms with Crippen LogP contribution in [0.4, 0.5) is 0 Å². The van der Waals surface area contributed by atoms with Crippen LogP contribution in [0.2, 0.25) is 0 Å². The summed E-state index contributed by atoms with van der Waals surface area (Å²) in [6.45, 7) is 4.00. The summed E-state index contributed by atoms with van der Waals surface area (Å²) >= 11 is 0. The summed E-state index contributed by atoms with van der Waals surface area (Å²) in [7, 11) is 0. The lowest BCUT2D eigenvalue weighted by atomic mass is 9.94. The second-order valence-electron chi connectivity index (χ2n) is 6.02. The fourth-order valence-corrected chi connectivity index (χ4v) is 2.89. The van der Waals surface area contributed by atoms with Crippen molar-refractivity contribution in [3.05, 3.63) is 35.9 Å². The molecule has 0 amide bonds. The van der Waals surface area contributed by atoms with Crippen molar-refractivity contribution in [2.75, 3.05) is 19.6 Å². The zero-order valence-electron chi connectivity index (χ0n) is 11.5. The number of aliphatic hydroxyl groups is 1. The Hall–Kier alpha value is -0.900. The highest BCUT2D eigenvalue weighted by molar-refractivity contribution is 5.14. The third-order valence-corrected chi connectivity index (χ3v) is 4.27. The zero-order valence-corrected chi connectivity index (χ0v) is 11.5. The van der Waals surface area contributed by atoms with E-state index >= 15 is 0 Å². The van der Waals surface area contributed by atoms with Gasteiger partial charge in [-0.3, -0.25) is 4.90 Å². The van der Waals surface area contributed by atoms with Gasteiger partial charge in [-0.15, -0.1) is 0 Å². The van der Waals surface area contributed by atoms with Crippen LogP contribution in [0.15, 0.2) is 30.3 Å². The van der Waals surface area contributed by atoms with Crippen LogP contribution in [-0.4, -0.2) is 41.8 Å². The molecule has 1 aliphatic heterocycles. The molecule has 1 saturated carbocycles. The molecule has 19 heavy (non-hydrogen) atoms. The van der Waals surface area contributed by atoms with Gasteiger partial charge in [-0.05, 0) is 24.8 Å². The first-order valence-electron chi connectivity index (χ1n) is 7.49. The number of rotatable bonds is 5. The van der Waals surface area contributed by atoms with E-state index in [1.165, 1.54) is 18.4 Å². The first kappa shape index (κ1) is 13.1. The molecular weight excluding hydrogens is 236 g/mol. The average molecular weight is 260 g/mol. The number of piperidine rings is 1. The van der Waals surface area contributed by atoms with Gasteiger partial charge in [0.15, 0.2) is 0 Å². The van der Waals surface area contributed by atoms with Gasteiger partial charge in [-0.25, -0.2) is 0 Å². The number of hydrogen-bond acceptors (Lipinski definition) is 3. The molecule has 1 saturated heterocycles. The second kappa shape index (κ2) is 6.04. The Kier molecular flexibility index (Phi) is 4.16. The maximum absolute atomic E-state index is 10.1. The molecule has 0 radical (unpaired) electrons. The molecule has 0 aromatic heterocycles. The van der Waals surface area contributed by atoms with Crippen LogP contribution in [0.1, 0.15) is 24.8 Å². The highest BCUT2D eigenvalue weighted by atomic mass is 16.3. The van der Waals surface area contributed by atoms with E-state index in [4.69, 9.17) is 0 Å². The summed E-state index contributed by atoms with van der Waals surface area (Å²) in [6, 6.07) is 11.4. The molecule has 3 nitrogen and oxygen atoms in total. The van der Waals surface area contributed by atoms with E-state index in [9.17, 15) is 5.11 Å². The van der Waals surface area contributed by atoms with E-state index in [1.54, 1.807) is 0 Å². The normalized spacial score (nSPS) is 28.5. The average Bonchev–Trinajstić information content (AvgIpc) is 3.25. The summed E-state index contributed by atoms with van der Waals surface area (Å²) in [5.74, 6) is 0.387. The van der Waals surface area contributed by atoms with Crippen LogP contribution >= 0.6 is 0 Å². The van der Waals surface area contributed by atoms with Gasteiger partial charge < -0.3 is 10.4 Å². The van der Waals surface area contributed by atoms with Crippen LogP contribution in [0.5, 0.6) is 0 Å². The Bertz CT molecular complexity index is 391. The van der Waals surface area contributed by atoms with E-state index in [2.05, 4.69) is 40.5 Å². The van der Waals surface area contributed by atoms with Gasteiger partial charge in [0.1, 0.15) is 0 Å². The maximum atomic E-state index is 10.1. The van der Waals surface area contributed by atoms with Gasteiger partial charge in [0.25, 0.3) is 0 Å². The van der Waals surface area contributed by atoms with E-state index in [1.807, 2.05) is 0 Å². The Morgan fingerprint density at radius 3 is 2.68 bits per heavy atom. The lowest BCUT2D eigenvalue weighted by Crippen LogP contribution is -2.46. The first-order valence-corrected chi connectivity index (χ1v) is 7.49. The summed E-state index contributed by atoms with van der Waals surface area (Å²) in [4.78, 5) is 2.47. The van der Waals surface area contributed by atoms with E-state index in [0.717, 1.165) is 38.6 Å². The van der Waals surface area contributed by atoms with Gasteiger partial charge in [0.2, 0.25) is 0 Å². The molecule has 2 atom stereocenters. The summed E-state index contributed by atoms with van der Waals surface area (Å²) < 4.78 is 0. The Morgan fingerprint density at radius 2 is 1.95 bits per heavy atom. The van der Waals surface area contributed by atoms with Crippen LogP contribution < -0.4 is 5.32 Å². The smallest absolute Gasteiger partial charge is 0.0605 e. The second-order valence-corrected chi connectivity index (χ2v) is 6.02. The molecule has 2 N–H and O–H groups in total. The monoisotopic (exact) mass is 260 g/mol. The van der Waals surface area contributed by atoms with Crippen molar-refractivity contribution in [3.8, 4) is 0 Å². The molecule has 1 aromatic carbocycles. The highest BCUT2D eigenvalue weighted by Crippen LogP contribution is 2.22. The highest BCUT2D eigenvalue weighted by Gasteiger charge is 2.29. The number of likely N-dealkylation sites (tertiary alicyclic amines) is 1. The minimum absolute atomic E-state index is 0.127. The summed E-state index contributed by atoms with van der Waals surface area (Å²) in [6.07, 6.45) is 3.41. The van der Waals surface area contributed by atoms with Gasteiger partial charge in [-0.1, -0.05) is 30.3 Å². The molecule has 3 rings (SSSR count). The van der Waals surface area contributed by atoms with Crippen molar-refractivity contribution in [2.45, 2.75) is 38.0 Å². The van der Waals surface area contributed by atoms with Gasteiger partial charge in [0, 0.05) is 38.1 Å². The minimum Gasteiger partial charge on any atom is -0.393 e. The fraction of sp³-hybridized carbons (Fsp3) is 0.625. The van der Waals surface area contributed by atoms with Crippen molar-refractivity contribution in [1.29, 1.82) is 0 Å². The van der Waals surface area contributed by atoms with Crippen molar-refractivity contribution < 1.29 is 5.11 Å². The molecule has 2 aliphatic rings. The molecule has 1 aromatic rings. The molecule has 3 heteroatoms. The van der Waals surface area contributed by atoms with E-state index < -0.39 is 0 Å². The molecule has 1 aliphatic carbocycles. The predicted octanol–water partition coefficient (Wildman–Crippen LogP) is 1.62. The lowest BCUT2D eigenvalue weighted by molar-refractivity contribution is 0.0239. The van der Waals surface area contributed by atoms with Crippen LogP contribution in [0.25, 0.3) is 0 Å². The number of hydrogen-bond donors (Lipinski definition) is 2. The molecule has 0 spiro atoms. The topological polar surface area (TPSA) is 35.5 Å². The van der Waals surface area contributed by atoms with Crippen molar-refractivity contribution in [1.82, 2.24) is 10.2 Å². The first-order chi connectivity index (χ1) is 9.31. The fourth-order valence-electron chi connectivity index (χ4n) is 2.89. The van der Waals surface area contributed by atoms with E-state index in [-0.39, 0.29) is 6.10 Å². The van der Waals surface area contributed by atoms with Gasteiger partial charge in [-0.2, -0.15) is 0 Å². The Balaban J connectivity index is 1.51. The number of benzene rings is 1. The maximum Gasteiger partial charge on any atom is 0.0605 e. The third-order valence-electron chi connectivity index (χ3n) is 4.27. The quantitative estimate of drug-likeness (QED) is 0.844. The number of aliphatic hydroxyl groups excluding tert-OH is 1. The summed E-state index contributed by atoms with van der Waals surface area (Å²) in [5, 5.41) is 13.7. The Morgan fingerprint density at radius 1 is 1.16 bits per heavy atom. The van der Waals surface area contributed by atoms with Crippen molar-refractivity contribution >= 4 is 0 Å². The Labute approximate surface area is 115 Å². The molecule has 2 fully saturated rings. The zero-order chi connectivity index (χ0) is 13.1. The van der Waals surface area contributed by atoms with Crippen LogP contribution in [0, 0.1) is 5.92 Å². The molecular formula is C16H24N2O. The van der Waals surface area contributed by atoms with Crippen LogP contribution in [0.3, 0.4) is 0 Å². The van der Waals surface area contributed by atoms with Gasteiger partial charge >= 0.3 is 0 Å². The largest absolute Gasteiger partial charge is 0.393 e. The standard InChI is InChI=1S/C16H24N2O/c19-16-8-9-18(11-13-4-2-1-3-5-13)12-14(16)10-17-15-6-7-15/h1-5,14-17,19H,6-12H2/t14-,16+/m1/s1. The summed E-state index contributed by atoms with van der Waals surface area (Å²) in [5.41, 5.74) is 1.37. The molecule has 1 heterocycles. The molecule has 104 valence electrons. The van der Waals surface area contributed by atoms with E-state index in [0.29, 0.717) is 5.92 Å². The molecule has 0 bridgehead atoms. The predicted molar refractivity (Wildman–Crippen MR) is 76.9 cm³/mol.